The number of methoxy groups -OCH3 is 1. The Bertz CT molecular complexity index is 657. The molecule has 0 radical (unpaired) electrons. The average Bonchev–Trinajstić information content (AvgIpc) is 2.87. The van der Waals surface area contributed by atoms with Gasteiger partial charge < -0.3 is 14.5 Å². The van der Waals surface area contributed by atoms with E-state index in [9.17, 15) is 14.4 Å². The Balaban J connectivity index is 1.96. The van der Waals surface area contributed by atoms with Crippen molar-refractivity contribution in [2.45, 2.75) is 33.1 Å². The van der Waals surface area contributed by atoms with Crippen molar-refractivity contribution in [3.63, 3.8) is 0 Å². The molecule has 1 aromatic carbocycles. The summed E-state index contributed by atoms with van der Waals surface area (Å²) in [6.07, 6.45) is 0.981. The van der Waals surface area contributed by atoms with Crippen LogP contribution < -0.4 is 0 Å². The lowest BCUT2D eigenvalue weighted by atomic mass is 10.0. The minimum Gasteiger partial charge on any atom is -0.469 e. The van der Waals surface area contributed by atoms with Crippen LogP contribution in [0.15, 0.2) is 18.2 Å². The van der Waals surface area contributed by atoms with Crippen LogP contribution in [-0.4, -0.2) is 60.9 Å². The fraction of sp³-hybridized carbons (Fsp3) is 0.526. The minimum atomic E-state index is -0.380. The number of esters is 1. The van der Waals surface area contributed by atoms with E-state index in [1.807, 2.05) is 36.9 Å². The van der Waals surface area contributed by atoms with Gasteiger partial charge in [-0.2, -0.15) is 0 Å². The van der Waals surface area contributed by atoms with Crippen LogP contribution >= 0.6 is 0 Å². The highest BCUT2D eigenvalue weighted by Crippen LogP contribution is 2.15. The summed E-state index contributed by atoms with van der Waals surface area (Å²) in [6, 6.07) is 5.88. The molecular weight excluding hydrogens is 320 g/mol. The van der Waals surface area contributed by atoms with Gasteiger partial charge in [0.05, 0.1) is 13.5 Å². The maximum Gasteiger partial charge on any atom is 0.306 e. The summed E-state index contributed by atoms with van der Waals surface area (Å²) in [5, 5.41) is 0. The number of hydrogen-bond donors (Lipinski definition) is 0. The predicted octanol–water partition coefficient (Wildman–Crippen LogP) is 1.93. The SMILES string of the molecule is COC(=O)CCC(=O)N1CCCN(C(=O)c2cc(C)ccc2C)CC1. The van der Waals surface area contributed by atoms with E-state index in [-0.39, 0.29) is 30.6 Å². The third kappa shape index (κ3) is 5.05. The van der Waals surface area contributed by atoms with Crippen LogP contribution in [0.2, 0.25) is 0 Å². The zero-order valence-corrected chi connectivity index (χ0v) is 15.2. The first-order valence-electron chi connectivity index (χ1n) is 8.63. The summed E-state index contributed by atoms with van der Waals surface area (Å²) in [6.45, 7) is 6.16. The van der Waals surface area contributed by atoms with Gasteiger partial charge in [-0.1, -0.05) is 17.7 Å². The third-order valence-corrected chi connectivity index (χ3v) is 4.53. The van der Waals surface area contributed by atoms with E-state index in [2.05, 4.69) is 4.74 Å². The number of amides is 2. The molecule has 0 bridgehead atoms. The number of benzene rings is 1. The molecule has 0 N–H and O–H groups in total. The van der Waals surface area contributed by atoms with Crippen molar-refractivity contribution in [3.05, 3.63) is 34.9 Å². The lowest BCUT2D eigenvalue weighted by Gasteiger charge is -2.23. The molecule has 0 spiro atoms. The van der Waals surface area contributed by atoms with E-state index >= 15 is 0 Å². The Morgan fingerprint density at radius 2 is 1.68 bits per heavy atom. The second kappa shape index (κ2) is 8.65. The molecule has 2 amide bonds. The molecule has 1 fully saturated rings. The Morgan fingerprint density at radius 3 is 2.40 bits per heavy atom. The Morgan fingerprint density at radius 1 is 1.00 bits per heavy atom. The maximum atomic E-state index is 12.8. The summed E-state index contributed by atoms with van der Waals surface area (Å²) in [7, 11) is 1.31. The summed E-state index contributed by atoms with van der Waals surface area (Å²) in [5.41, 5.74) is 2.75. The number of hydrogen-bond acceptors (Lipinski definition) is 4. The monoisotopic (exact) mass is 346 g/mol. The average molecular weight is 346 g/mol. The summed E-state index contributed by atoms with van der Waals surface area (Å²) < 4.78 is 4.57. The molecule has 6 heteroatoms. The number of aryl methyl sites for hydroxylation is 2. The van der Waals surface area contributed by atoms with E-state index in [0.717, 1.165) is 23.1 Å². The van der Waals surface area contributed by atoms with Crippen molar-refractivity contribution in [1.82, 2.24) is 9.80 Å². The molecule has 0 atom stereocenters. The van der Waals surface area contributed by atoms with Crippen LogP contribution in [0, 0.1) is 13.8 Å². The zero-order valence-electron chi connectivity index (χ0n) is 15.2. The number of nitrogens with zero attached hydrogens (tertiary/aromatic N) is 2. The molecule has 0 unspecified atom stereocenters. The topological polar surface area (TPSA) is 66.9 Å². The van der Waals surface area contributed by atoms with E-state index in [1.54, 1.807) is 4.90 Å². The number of carbonyl (C=O) groups is 3. The molecule has 136 valence electrons. The molecule has 0 aromatic heterocycles. The fourth-order valence-corrected chi connectivity index (χ4v) is 2.98. The van der Waals surface area contributed by atoms with Crippen molar-refractivity contribution < 1.29 is 19.1 Å². The van der Waals surface area contributed by atoms with Gasteiger partial charge in [0.25, 0.3) is 5.91 Å². The van der Waals surface area contributed by atoms with Crippen LogP contribution in [0.3, 0.4) is 0 Å². The van der Waals surface area contributed by atoms with Gasteiger partial charge in [-0.25, -0.2) is 0 Å². The van der Waals surface area contributed by atoms with Crippen molar-refractivity contribution in [2.75, 3.05) is 33.3 Å². The van der Waals surface area contributed by atoms with E-state index < -0.39 is 0 Å². The van der Waals surface area contributed by atoms with E-state index in [4.69, 9.17) is 0 Å². The van der Waals surface area contributed by atoms with Crippen LogP contribution in [0.4, 0.5) is 0 Å². The molecule has 1 aliphatic heterocycles. The predicted molar refractivity (Wildman–Crippen MR) is 94.3 cm³/mol. The van der Waals surface area contributed by atoms with Gasteiger partial charge in [-0.3, -0.25) is 14.4 Å². The largest absolute Gasteiger partial charge is 0.469 e. The molecule has 6 nitrogen and oxygen atoms in total. The summed E-state index contributed by atoms with van der Waals surface area (Å²) in [4.78, 5) is 39.8. The standard InChI is InChI=1S/C19H26N2O4/c1-14-5-6-15(2)16(13-14)19(24)21-10-4-9-20(11-12-21)17(22)7-8-18(23)25-3/h5-6,13H,4,7-12H2,1-3H3. The van der Waals surface area contributed by atoms with Gasteiger partial charge in [0.15, 0.2) is 0 Å². The molecule has 25 heavy (non-hydrogen) atoms. The van der Waals surface area contributed by atoms with Crippen molar-refractivity contribution in [1.29, 1.82) is 0 Å². The van der Waals surface area contributed by atoms with Gasteiger partial charge in [-0.05, 0) is 31.9 Å². The zero-order chi connectivity index (χ0) is 18.4. The molecule has 1 saturated heterocycles. The van der Waals surface area contributed by atoms with Crippen molar-refractivity contribution in [3.8, 4) is 0 Å². The smallest absolute Gasteiger partial charge is 0.306 e. The Labute approximate surface area is 148 Å². The first kappa shape index (κ1) is 19.0. The number of carbonyl (C=O) groups excluding carboxylic acids is 3. The Kier molecular flexibility index (Phi) is 6.56. The summed E-state index contributed by atoms with van der Waals surface area (Å²) >= 11 is 0. The lowest BCUT2D eigenvalue weighted by Crippen LogP contribution is -2.37. The summed E-state index contributed by atoms with van der Waals surface area (Å²) in [5.74, 6) is -0.425. The van der Waals surface area contributed by atoms with Gasteiger partial charge >= 0.3 is 5.97 Å². The molecule has 2 rings (SSSR count). The third-order valence-electron chi connectivity index (χ3n) is 4.53. The minimum absolute atomic E-state index is 0.0186. The molecular formula is C19H26N2O4. The van der Waals surface area contributed by atoms with Gasteiger partial charge in [0.1, 0.15) is 0 Å². The highest BCUT2D eigenvalue weighted by Gasteiger charge is 2.24. The maximum absolute atomic E-state index is 12.8. The number of rotatable bonds is 4. The van der Waals surface area contributed by atoms with Gasteiger partial charge in [0, 0.05) is 38.2 Å². The van der Waals surface area contributed by atoms with Crippen molar-refractivity contribution in [2.24, 2.45) is 0 Å². The highest BCUT2D eigenvalue weighted by atomic mass is 16.5. The first-order chi connectivity index (χ1) is 11.9. The molecule has 1 aromatic rings. The second-order valence-corrected chi connectivity index (χ2v) is 6.42. The normalized spacial score (nSPS) is 14.8. The quantitative estimate of drug-likeness (QED) is 0.782. The Hall–Kier alpha value is -2.37. The molecule has 1 aliphatic rings. The lowest BCUT2D eigenvalue weighted by molar-refractivity contribution is -0.143. The van der Waals surface area contributed by atoms with E-state index in [1.165, 1.54) is 7.11 Å². The van der Waals surface area contributed by atoms with Gasteiger partial charge in [-0.15, -0.1) is 0 Å². The van der Waals surface area contributed by atoms with Crippen LogP contribution in [0.25, 0.3) is 0 Å². The second-order valence-electron chi connectivity index (χ2n) is 6.42. The van der Waals surface area contributed by atoms with Gasteiger partial charge in [0.2, 0.25) is 5.91 Å². The molecule has 0 aliphatic carbocycles. The number of ether oxygens (including phenoxy) is 1. The van der Waals surface area contributed by atoms with E-state index in [0.29, 0.717) is 26.2 Å². The van der Waals surface area contributed by atoms with Crippen LogP contribution in [0.5, 0.6) is 0 Å². The molecule has 0 saturated carbocycles. The molecule has 1 heterocycles. The first-order valence-corrected chi connectivity index (χ1v) is 8.63. The highest BCUT2D eigenvalue weighted by molar-refractivity contribution is 5.96. The fourth-order valence-electron chi connectivity index (χ4n) is 2.98. The van der Waals surface area contributed by atoms with Crippen LogP contribution in [-0.2, 0) is 14.3 Å². The van der Waals surface area contributed by atoms with Crippen LogP contribution in [0.1, 0.15) is 40.7 Å². The van der Waals surface area contributed by atoms with Crippen molar-refractivity contribution >= 4 is 17.8 Å².